The van der Waals surface area contributed by atoms with Crippen LogP contribution in [0.4, 0.5) is 4.39 Å². The van der Waals surface area contributed by atoms with Gasteiger partial charge in [-0.1, -0.05) is 12.1 Å². The number of hydrogen-bond donors (Lipinski definition) is 1. The molecule has 0 aliphatic heterocycles. The third-order valence-corrected chi connectivity index (χ3v) is 4.55. The number of nitrogens with one attached hydrogen (secondary N) is 1. The molecule has 0 saturated carbocycles. The van der Waals surface area contributed by atoms with Crippen LogP contribution in [0.5, 0.6) is 5.75 Å². The average Bonchev–Trinajstić information content (AvgIpc) is 3.25. The Morgan fingerprint density at radius 3 is 2.88 bits per heavy atom. The fourth-order valence-electron chi connectivity index (χ4n) is 2.15. The van der Waals surface area contributed by atoms with Gasteiger partial charge in [0.05, 0.1) is 12.5 Å². The molecule has 0 unspecified atom stereocenters. The quantitative estimate of drug-likeness (QED) is 0.707. The summed E-state index contributed by atoms with van der Waals surface area (Å²) < 4.78 is 23.6. The summed E-state index contributed by atoms with van der Waals surface area (Å²) in [4.78, 5) is 14.0. The van der Waals surface area contributed by atoms with Gasteiger partial charge in [-0.2, -0.15) is 0 Å². The third-order valence-electron chi connectivity index (χ3n) is 3.36. The maximum absolute atomic E-state index is 13.4. The van der Waals surface area contributed by atoms with Crippen molar-refractivity contribution < 1.29 is 18.3 Å². The number of ether oxygens (including phenoxy) is 1. The van der Waals surface area contributed by atoms with Gasteiger partial charge in [0, 0.05) is 21.9 Å². The number of thiophene rings is 1. The predicted octanol–water partition coefficient (Wildman–Crippen LogP) is 3.88. The molecule has 0 aliphatic carbocycles. The molecule has 0 radical (unpaired) electrons. The molecule has 124 valence electrons. The lowest BCUT2D eigenvalue weighted by Gasteiger charge is -2.07. The molecule has 0 saturated heterocycles. The van der Waals surface area contributed by atoms with Crippen LogP contribution >= 0.6 is 11.3 Å². The van der Waals surface area contributed by atoms with Crippen molar-refractivity contribution in [2.45, 2.75) is 6.42 Å². The standard InChI is InChI=1S/C18H16FNO3S/c19-15-3-1-2-4-16(15)23-12-18(21)20-9-7-14-5-6-17(24-14)13-8-10-22-11-13/h1-6,8,10-11H,7,9,12H2,(H,20,21). The van der Waals surface area contributed by atoms with Crippen molar-refractivity contribution in [2.75, 3.05) is 13.2 Å². The lowest BCUT2D eigenvalue weighted by Crippen LogP contribution is -2.30. The van der Waals surface area contributed by atoms with E-state index in [1.807, 2.05) is 18.2 Å². The molecule has 1 amide bonds. The molecule has 0 bridgehead atoms. The highest BCUT2D eigenvalue weighted by Gasteiger charge is 2.07. The fraction of sp³-hybridized carbons (Fsp3) is 0.167. The van der Waals surface area contributed by atoms with Crippen molar-refractivity contribution in [3.63, 3.8) is 0 Å². The monoisotopic (exact) mass is 345 g/mol. The lowest BCUT2D eigenvalue weighted by atomic mass is 10.3. The molecule has 1 aromatic carbocycles. The van der Waals surface area contributed by atoms with E-state index in [0.717, 1.165) is 16.9 Å². The van der Waals surface area contributed by atoms with Gasteiger partial charge in [-0.25, -0.2) is 4.39 Å². The van der Waals surface area contributed by atoms with E-state index in [1.165, 1.54) is 17.0 Å². The first-order valence-corrected chi connectivity index (χ1v) is 8.29. The van der Waals surface area contributed by atoms with Crippen molar-refractivity contribution in [3.8, 4) is 16.2 Å². The smallest absolute Gasteiger partial charge is 0.257 e. The zero-order valence-electron chi connectivity index (χ0n) is 12.8. The number of amides is 1. The number of benzene rings is 1. The van der Waals surface area contributed by atoms with Crippen LogP contribution in [-0.2, 0) is 11.2 Å². The summed E-state index contributed by atoms with van der Waals surface area (Å²) in [5, 5.41) is 2.77. The molecule has 0 spiro atoms. The first-order chi connectivity index (χ1) is 11.7. The van der Waals surface area contributed by atoms with Gasteiger partial charge < -0.3 is 14.5 Å². The number of hydrogen-bond acceptors (Lipinski definition) is 4. The highest BCUT2D eigenvalue weighted by Crippen LogP contribution is 2.28. The minimum absolute atomic E-state index is 0.0793. The molecule has 0 atom stereocenters. The summed E-state index contributed by atoms with van der Waals surface area (Å²) in [6.07, 6.45) is 4.08. The van der Waals surface area contributed by atoms with Crippen LogP contribution < -0.4 is 10.1 Å². The Balaban J connectivity index is 1.41. The second kappa shape index (κ2) is 7.79. The molecular formula is C18H16FNO3S. The van der Waals surface area contributed by atoms with Crippen molar-refractivity contribution in [1.82, 2.24) is 5.32 Å². The third kappa shape index (κ3) is 4.23. The van der Waals surface area contributed by atoms with E-state index in [2.05, 4.69) is 5.32 Å². The van der Waals surface area contributed by atoms with E-state index < -0.39 is 5.82 Å². The molecule has 6 heteroatoms. The molecule has 0 aliphatic rings. The fourth-order valence-corrected chi connectivity index (χ4v) is 3.15. The van der Waals surface area contributed by atoms with E-state index >= 15 is 0 Å². The minimum Gasteiger partial charge on any atom is -0.481 e. The van der Waals surface area contributed by atoms with Crippen LogP contribution in [0.15, 0.2) is 59.4 Å². The maximum atomic E-state index is 13.4. The summed E-state index contributed by atoms with van der Waals surface area (Å²) in [6, 6.07) is 12.0. The van der Waals surface area contributed by atoms with Gasteiger partial charge in [0.2, 0.25) is 0 Å². The average molecular weight is 345 g/mol. The van der Waals surface area contributed by atoms with Crippen molar-refractivity contribution in [3.05, 3.63) is 65.7 Å². The summed E-state index contributed by atoms with van der Waals surface area (Å²) in [5.74, 6) is -0.670. The van der Waals surface area contributed by atoms with Crippen LogP contribution in [0.25, 0.3) is 10.4 Å². The number of carbonyl (C=O) groups excluding carboxylic acids is 1. The van der Waals surface area contributed by atoms with Gasteiger partial charge >= 0.3 is 0 Å². The first-order valence-electron chi connectivity index (χ1n) is 7.47. The predicted molar refractivity (Wildman–Crippen MR) is 90.6 cm³/mol. The van der Waals surface area contributed by atoms with E-state index in [-0.39, 0.29) is 18.3 Å². The van der Waals surface area contributed by atoms with E-state index in [4.69, 9.17) is 9.15 Å². The molecule has 4 nitrogen and oxygen atoms in total. The number of rotatable bonds is 7. The molecule has 1 N–H and O–H groups in total. The topological polar surface area (TPSA) is 51.5 Å². The molecule has 2 aromatic heterocycles. The highest BCUT2D eigenvalue weighted by molar-refractivity contribution is 7.15. The van der Waals surface area contributed by atoms with Gasteiger partial charge in [0.15, 0.2) is 18.2 Å². The number of carbonyl (C=O) groups is 1. The van der Waals surface area contributed by atoms with Gasteiger partial charge in [-0.3, -0.25) is 4.79 Å². The summed E-state index contributed by atoms with van der Waals surface area (Å²) in [5.41, 5.74) is 1.05. The Bertz CT molecular complexity index is 798. The van der Waals surface area contributed by atoms with Crippen LogP contribution in [0.2, 0.25) is 0 Å². The summed E-state index contributed by atoms with van der Waals surface area (Å²) in [6.45, 7) is 0.302. The first kappa shape index (κ1) is 16.3. The van der Waals surface area contributed by atoms with Gasteiger partial charge in [0.1, 0.15) is 0 Å². The van der Waals surface area contributed by atoms with Crippen LogP contribution in [0, 0.1) is 5.82 Å². The molecule has 2 heterocycles. The van der Waals surface area contributed by atoms with Crippen LogP contribution in [-0.4, -0.2) is 19.1 Å². The second-order valence-electron chi connectivity index (χ2n) is 5.10. The SMILES string of the molecule is O=C(COc1ccccc1F)NCCc1ccc(-c2ccoc2)s1. The van der Waals surface area contributed by atoms with Crippen LogP contribution in [0.1, 0.15) is 4.88 Å². The Kier molecular flexibility index (Phi) is 5.28. The normalized spacial score (nSPS) is 10.5. The van der Waals surface area contributed by atoms with Gasteiger partial charge in [-0.15, -0.1) is 11.3 Å². The Morgan fingerprint density at radius 2 is 2.08 bits per heavy atom. The molecule has 24 heavy (non-hydrogen) atoms. The molecule has 3 rings (SSSR count). The summed E-state index contributed by atoms with van der Waals surface area (Å²) in [7, 11) is 0. The Labute approximate surface area is 142 Å². The largest absolute Gasteiger partial charge is 0.481 e. The van der Waals surface area contributed by atoms with Crippen LogP contribution in [0.3, 0.4) is 0 Å². The maximum Gasteiger partial charge on any atom is 0.257 e. The molecular weight excluding hydrogens is 329 g/mol. The lowest BCUT2D eigenvalue weighted by molar-refractivity contribution is -0.123. The van der Waals surface area contributed by atoms with E-state index in [9.17, 15) is 9.18 Å². The van der Waals surface area contributed by atoms with Gasteiger partial charge in [0.25, 0.3) is 5.91 Å². The zero-order chi connectivity index (χ0) is 16.8. The Morgan fingerprint density at radius 1 is 1.21 bits per heavy atom. The van der Waals surface area contributed by atoms with Gasteiger partial charge in [-0.05, 0) is 36.8 Å². The van der Waals surface area contributed by atoms with Crippen molar-refractivity contribution >= 4 is 17.2 Å². The molecule has 3 aromatic rings. The molecule has 0 fully saturated rings. The minimum atomic E-state index is -0.476. The number of halogens is 1. The number of furan rings is 1. The van der Waals surface area contributed by atoms with E-state index in [0.29, 0.717) is 6.54 Å². The summed E-state index contributed by atoms with van der Waals surface area (Å²) >= 11 is 1.66. The zero-order valence-corrected chi connectivity index (χ0v) is 13.6. The van der Waals surface area contributed by atoms with Crippen molar-refractivity contribution in [1.29, 1.82) is 0 Å². The van der Waals surface area contributed by atoms with E-state index in [1.54, 1.807) is 36.0 Å². The second-order valence-corrected chi connectivity index (χ2v) is 6.27. The van der Waals surface area contributed by atoms with Crippen molar-refractivity contribution in [2.24, 2.45) is 0 Å². The highest BCUT2D eigenvalue weighted by atomic mass is 32.1. The number of para-hydroxylation sites is 1. The Hall–Kier alpha value is -2.60.